The van der Waals surface area contributed by atoms with Gasteiger partial charge in [0.1, 0.15) is 0 Å². The Balaban J connectivity index is 1.99. The van der Waals surface area contributed by atoms with E-state index in [9.17, 15) is 0 Å². The van der Waals surface area contributed by atoms with E-state index in [1.54, 1.807) is 0 Å². The molecule has 0 bridgehead atoms. The van der Waals surface area contributed by atoms with E-state index in [4.69, 9.17) is 5.73 Å². The first-order valence-electron chi connectivity index (χ1n) is 6.82. The van der Waals surface area contributed by atoms with E-state index in [1.165, 1.54) is 43.6 Å². The summed E-state index contributed by atoms with van der Waals surface area (Å²) in [4.78, 5) is 4.20. The average Bonchev–Trinajstić information content (AvgIpc) is 2.85. The van der Waals surface area contributed by atoms with Crippen molar-refractivity contribution in [1.82, 2.24) is 4.90 Å². The van der Waals surface area contributed by atoms with E-state index in [0.29, 0.717) is 6.04 Å². The number of hydrogen-bond acceptors (Lipinski definition) is 3. The van der Waals surface area contributed by atoms with Gasteiger partial charge in [0.05, 0.1) is 0 Å². The van der Waals surface area contributed by atoms with Crippen molar-refractivity contribution in [3.05, 3.63) is 22.4 Å². The van der Waals surface area contributed by atoms with Crippen molar-refractivity contribution in [1.29, 1.82) is 0 Å². The third kappa shape index (κ3) is 3.30. The van der Waals surface area contributed by atoms with Gasteiger partial charge in [0.25, 0.3) is 0 Å². The van der Waals surface area contributed by atoms with Gasteiger partial charge in [-0.25, -0.2) is 0 Å². The Morgan fingerprint density at radius 1 is 1.59 bits per heavy atom. The number of nitrogens with two attached hydrogens (primary N) is 1. The standard InChI is InChI=1S/C14H24N2S/c1-2-13(14-6-4-10-17-14)16-9-3-5-12(11-16)7-8-15/h4,6,10,12-13H,2-3,5,7-9,11,15H2,1H3. The fourth-order valence-electron chi connectivity index (χ4n) is 2.97. The summed E-state index contributed by atoms with van der Waals surface area (Å²) in [5, 5.41) is 2.19. The molecule has 0 aliphatic carbocycles. The molecular formula is C14H24N2S. The van der Waals surface area contributed by atoms with Crippen LogP contribution in [0.15, 0.2) is 17.5 Å². The normalized spacial score (nSPS) is 23.8. The van der Waals surface area contributed by atoms with Gasteiger partial charge in [-0.2, -0.15) is 0 Å². The maximum atomic E-state index is 5.69. The molecule has 0 radical (unpaired) electrons. The molecule has 1 fully saturated rings. The van der Waals surface area contributed by atoms with E-state index in [-0.39, 0.29) is 0 Å². The smallest absolute Gasteiger partial charge is 0.0438 e. The number of hydrogen-bond donors (Lipinski definition) is 1. The lowest BCUT2D eigenvalue weighted by molar-refractivity contribution is 0.118. The molecule has 96 valence electrons. The number of rotatable bonds is 5. The zero-order chi connectivity index (χ0) is 12.1. The van der Waals surface area contributed by atoms with Crippen molar-refractivity contribution in [3.63, 3.8) is 0 Å². The van der Waals surface area contributed by atoms with Gasteiger partial charge >= 0.3 is 0 Å². The van der Waals surface area contributed by atoms with Crippen molar-refractivity contribution in [2.75, 3.05) is 19.6 Å². The molecule has 2 unspecified atom stereocenters. The van der Waals surface area contributed by atoms with Crippen molar-refractivity contribution in [2.45, 2.75) is 38.6 Å². The summed E-state index contributed by atoms with van der Waals surface area (Å²) >= 11 is 1.90. The largest absolute Gasteiger partial charge is 0.330 e. The van der Waals surface area contributed by atoms with Crippen LogP contribution in [0.4, 0.5) is 0 Å². The number of nitrogens with zero attached hydrogens (tertiary/aromatic N) is 1. The molecule has 2 rings (SSSR count). The molecular weight excluding hydrogens is 228 g/mol. The molecule has 1 aliphatic heterocycles. The summed E-state index contributed by atoms with van der Waals surface area (Å²) in [7, 11) is 0. The van der Waals surface area contributed by atoms with E-state index < -0.39 is 0 Å². The van der Waals surface area contributed by atoms with Crippen LogP contribution in [0.5, 0.6) is 0 Å². The SMILES string of the molecule is CCC(c1cccs1)N1CCCC(CCN)C1. The zero-order valence-electron chi connectivity index (χ0n) is 10.8. The second-order valence-corrected chi connectivity index (χ2v) is 6.00. The van der Waals surface area contributed by atoms with Crippen LogP contribution in [-0.2, 0) is 0 Å². The van der Waals surface area contributed by atoms with Gasteiger partial charge in [0.2, 0.25) is 0 Å². The molecule has 2 nitrogen and oxygen atoms in total. The first kappa shape index (κ1) is 13.1. The molecule has 2 N–H and O–H groups in total. The zero-order valence-corrected chi connectivity index (χ0v) is 11.6. The third-order valence-corrected chi connectivity index (χ3v) is 4.80. The summed E-state index contributed by atoms with van der Waals surface area (Å²) in [6.45, 7) is 5.65. The Bertz CT molecular complexity index is 308. The van der Waals surface area contributed by atoms with Gasteiger partial charge in [-0.3, -0.25) is 4.90 Å². The first-order chi connectivity index (χ1) is 8.35. The Morgan fingerprint density at radius 3 is 3.12 bits per heavy atom. The third-order valence-electron chi connectivity index (χ3n) is 3.82. The maximum absolute atomic E-state index is 5.69. The van der Waals surface area contributed by atoms with Crippen molar-refractivity contribution >= 4 is 11.3 Å². The van der Waals surface area contributed by atoms with Gasteiger partial charge in [0, 0.05) is 17.5 Å². The minimum atomic E-state index is 0.635. The summed E-state index contributed by atoms with van der Waals surface area (Å²) in [6, 6.07) is 5.09. The van der Waals surface area contributed by atoms with Crippen LogP contribution in [0.2, 0.25) is 0 Å². The van der Waals surface area contributed by atoms with Gasteiger partial charge in [-0.15, -0.1) is 11.3 Å². The molecule has 1 aromatic rings. The van der Waals surface area contributed by atoms with E-state index in [1.807, 2.05) is 11.3 Å². The lowest BCUT2D eigenvalue weighted by atomic mass is 9.93. The first-order valence-corrected chi connectivity index (χ1v) is 7.70. The predicted octanol–water partition coefficient (Wildman–Crippen LogP) is 3.26. The lowest BCUT2D eigenvalue weighted by Crippen LogP contribution is -2.38. The van der Waals surface area contributed by atoms with Crippen LogP contribution < -0.4 is 5.73 Å². The van der Waals surface area contributed by atoms with Gasteiger partial charge in [0.15, 0.2) is 0 Å². The van der Waals surface area contributed by atoms with Crippen molar-refractivity contribution in [3.8, 4) is 0 Å². The highest BCUT2D eigenvalue weighted by atomic mass is 32.1. The fraction of sp³-hybridized carbons (Fsp3) is 0.714. The second kappa shape index (κ2) is 6.53. The fourth-order valence-corrected chi connectivity index (χ4v) is 3.92. The Hall–Kier alpha value is -0.380. The Kier molecular flexibility index (Phi) is 5.01. The van der Waals surface area contributed by atoms with Gasteiger partial charge in [-0.1, -0.05) is 13.0 Å². The molecule has 0 spiro atoms. The second-order valence-electron chi connectivity index (χ2n) is 5.02. The van der Waals surface area contributed by atoms with Gasteiger partial charge < -0.3 is 5.73 Å². The molecule has 2 heterocycles. The van der Waals surface area contributed by atoms with Crippen LogP contribution in [0.25, 0.3) is 0 Å². The minimum Gasteiger partial charge on any atom is -0.330 e. The van der Waals surface area contributed by atoms with Crippen molar-refractivity contribution in [2.24, 2.45) is 11.7 Å². The number of thiophene rings is 1. The predicted molar refractivity (Wildman–Crippen MR) is 75.3 cm³/mol. The Morgan fingerprint density at radius 2 is 2.47 bits per heavy atom. The van der Waals surface area contributed by atoms with Crippen LogP contribution in [0.1, 0.15) is 43.5 Å². The molecule has 0 aromatic carbocycles. The molecule has 3 heteroatoms. The van der Waals surface area contributed by atoms with Crippen LogP contribution >= 0.6 is 11.3 Å². The minimum absolute atomic E-state index is 0.635. The highest BCUT2D eigenvalue weighted by molar-refractivity contribution is 7.10. The molecule has 17 heavy (non-hydrogen) atoms. The quantitative estimate of drug-likeness (QED) is 0.871. The highest BCUT2D eigenvalue weighted by Crippen LogP contribution is 2.32. The maximum Gasteiger partial charge on any atom is 0.0438 e. The lowest BCUT2D eigenvalue weighted by Gasteiger charge is -2.37. The Labute approximate surface area is 109 Å². The van der Waals surface area contributed by atoms with Crippen LogP contribution in [-0.4, -0.2) is 24.5 Å². The van der Waals surface area contributed by atoms with Crippen LogP contribution in [0.3, 0.4) is 0 Å². The highest BCUT2D eigenvalue weighted by Gasteiger charge is 2.25. The summed E-state index contributed by atoms with van der Waals surface area (Å²) in [5.74, 6) is 0.822. The van der Waals surface area contributed by atoms with E-state index in [0.717, 1.165) is 12.5 Å². The molecule has 0 amide bonds. The average molecular weight is 252 g/mol. The number of piperidine rings is 1. The summed E-state index contributed by atoms with van der Waals surface area (Å²) in [6.07, 6.45) is 5.12. The number of likely N-dealkylation sites (tertiary alicyclic amines) is 1. The summed E-state index contributed by atoms with van der Waals surface area (Å²) in [5.41, 5.74) is 5.69. The van der Waals surface area contributed by atoms with E-state index >= 15 is 0 Å². The molecule has 0 saturated carbocycles. The summed E-state index contributed by atoms with van der Waals surface area (Å²) < 4.78 is 0. The molecule has 2 atom stereocenters. The van der Waals surface area contributed by atoms with Gasteiger partial charge in [-0.05, 0) is 56.1 Å². The monoisotopic (exact) mass is 252 g/mol. The molecule has 1 aromatic heterocycles. The topological polar surface area (TPSA) is 29.3 Å². The van der Waals surface area contributed by atoms with Crippen molar-refractivity contribution < 1.29 is 0 Å². The molecule has 1 saturated heterocycles. The van der Waals surface area contributed by atoms with E-state index in [2.05, 4.69) is 29.3 Å². The van der Waals surface area contributed by atoms with Crippen LogP contribution in [0, 0.1) is 5.92 Å². The molecule has 1 aliphatic rings.